The zero-order chi connectivity index (χ0) is 14.0. The van der Waals surface area contributed by atoms with E-state index < -0.39 is 0 Å². The summed E-state index contributed by atoms with van der Waals surface area (Å²) in [4.78, 5) is 2.59. The van der Waals surface area contributed by atoms with Gasteiger partial charge in [0.05, 0.1) is 6.20 Å². The van der Waals surface area contributed by atoms with Gasteiger partial charge in [-0.05, 0) is 51.1 Å². The molecule has 3 heteroatoms. The van der Waals surface area contributed by atoms with Crippen LogP contribution in [0.3, 0.4) is 0 Å². The molecule has 1 aliphatic rings. The van der Waals surface area contributed by atoms with Crippen LogP contribution in [0, 0.1) is 18.3 Å². The second-order valence-corrected chi connectivity index (χ2v) is 6.99. The summed E-state index contributed by atoms with van der Waals surface area (Å²) in [5.74, 6) is 0.878. The van der Waals surface area contributed by atoms with Gasteiger partial charge in [-0.1, -0.05) is 20.8 Å². The molecule has 0 aromatic carbocycles. The molecule has 19 heavy (non-hydrogen) atoms. The van der Waals surface area contributed by atoms with Crippen LogP contribution in [-0.4, -0.2) is 27.8 Å². The Hall–Kier alpha value is -0.830. The van der Waals surface area contributed by atoms with Crippen molar-refractivity contribution in [1.29, 1.82) is 0 Å². The Balaban J connectivity index is 1.90. The minimum atomic E-state index is 0.467. The summed E-state index contributed by atoms with van der Waals surface area (Å²) in [5, 5.41) is 4.44. The third kappa shape index (κ3) is 3.38. The van der Waals surface area contributed by atoms with Crippen LogP contribution in [0.15, 0.2) is 6.20 Å². The maximum absolute atomic E-state index is 4.44. The molecule has 1 aliphatic heterocycles. The third-order valence-corrected chi connectivity index (χ3v) is 4.71. The van der Waals surface area contributed by atoms with Crippen molar-refractivity contribution in [2.24, 2.45) is 11.3 Å². The van der Waals surface area contributed by atoms with Crippen LogP contribution in [0.4, 0.5) is 0 Å². The van der Waals surface area contributed by atoms with Crippen molar-refractivity contribution >= 4 is 0 Å². The lowest BCUT2D eigenvalue weighted by Crippen LogP contribution is -2.37. The Kier molecular flexibility index (Phi) is 4.34. The average molecular weight is 263 g/mol. The predicted molar refractivity (Wildman–Crippen MR) is 80.1 cm³/mol. The van der Waals surface area contributed by atoms with Crippen LogP contribution in [0.25, 0.3) is 0 Å². The first-order valence-corrected chi connectivity index (χ1v) is 7.65. The second-order valence-electron chi connectivity index (χ2n) is 6.99. The van der Waals surface area contributed by atoms with E-state index in [1.54, 1.807) is 0 Å². The molecule has 1 saturated heterocycles. The van der Waals surface area contributed by atoms with Crippen LogP contribution in [0.2, 0.25) is 0 Å². The van der Waals surface area contributed by atoms with Crippen molar-refractivity contribution in [3.63, 3.8) is 0 Å². The van der Waals surface area contributed by atoms with Crippen molar-refractivity contribution < 1.29 is 0 Å². The summed E-state index contributed by atoms with van der Waals surface area (Å²) in [7, 11) is 0. The van der Waals surface area contributed by atoms with E-state index in [-0.39, 0.29) is 0 Å². The van der Waals surface area contributed by atoms with E-state index in [4.69, 9.17) is 0 Å². The van der Waals surface area contributed by atoms with E-state index in [9.17, 15) is 0 Å². The molecule has 1 aromatic heterocycles. The monoisotopic (exact) mass is 263 g/mol. The highest BCUT2D eigenvalue weighted by molar-refractivity contribution is 5.16. The van der Waals surface area contributed by atoms with Crippen LogP contribution >= 0.6 is 0 Å². The predicted octanol–water partition coefficient (Wildman–Crippen LogP) is 3.47. The highest BCUT2D eigenvalue weighted by Crippen LogP contribution is 2.34. The lowest BCUT2D eigenvalue weighted by atomic mass is 9.75. The zero-order valence-electron chi connectivity index (χ0n) is 13.2. The Morgan fingerprint density at radius 2 is 1.89 bits per heavy atom. The van der Waals surface area contributed by atoms with Crippen molar-refractivity contribution in [2.45, 2.75) is 60.5 Å². The Bertz CT molecular complexity index is 406. The molecule has 0 atom stereocenters. The van der Waals surface area contributed by atoms with Gasteiger partial charge in [-0.15, -0.1) is 0 Å². The standard InChI is InChI=1S/C16H29N3/c1-6-19-13(2)14(11-17-19)12-18-9-7-15(8-10-18)16(3,4)5/h11,15H,6-10,12H2,1-5H3. The molecule has 0 aliphatic carbocycles. The maximum Gasteiger partial charge on any atom is 0.0537 e. The van der Waals surface area contributed by atoms with E-state index in [0.29, 0.717) is 5.41 Å². The number of likely N-dealkylation sites (tertiary alicyclic amines) is 1. The molecule has 1 aromatic rings. The van der Waals surface area contributed by atoms with Gasteiger partial charge in [-0.2, -0.15) is 5.10 Å². The Morgan fingerprint density at radius 3 is 2.37 bits per heavy atom. The van der Waals surface area contributed by atoms with Crippen molar-refractivity contribution in [2.75, 3.05) is 13.1 Å². The van der Waals surface area contributed by atoms with Crippen LogP contribution in [0.1, 0.15) is 51.8 Å². The first-order chi connectivity index (χ1) is 8.91. The molecule has 108 valence electrons. The SMILES string of the molecule is CCn1ncc(CN2CCC(C(C)(C)C)CC2)c1C. The summed E-state index contributed by atoms with van der Waals surface area (Å²) in [6, 6.07) is 0. The fraction of sp³-hybridized carbons (Fsp3) is 0.812. The molecule has 0 saturated carbocycles. The van der Waals surface area contributed by atoms with Gasteiger partial charge in [0, 0.05) is 24.3 Å². The minimum Gasteiger partial charge on any atom is -0.299 e. The first kappa shape index (κ1) is 14.6. The molecule has 0 N–H and O–H groups in total. The number of nitrogens with zero attached hydrogens (tertiary/aromatic N) is 3. The lowest BCUT2D eigenvalue weighted by molar-refractivity contribution is 0.108. The number of rotatable bonds is 3. The van der Waals surface area contributed by atoms with Gasteiger partial charge in [0.2, 0.25) is 0 Å². The quantitative estimate of drug-likeness (QED) is 0.832. The van der Waals surface area contributed by atoms with Crippen molar-refractivity contribution in [3.8, 4) is 0 Å². The van der Waals surface area contributed by atoms with Crippen molar-refractivity contribution in [1.82, 2.24) is 14.7 Å². The summed E-state index contributed by atoms with van der Waals surface area (Å²) in [5.41, 5.74) is 3.20. The van der Waals surface area contributed by atoms with Gasteiger partial charge < -0.3 is 0 Å². The number of hydrogen-bond donors (Lipinski definition) is 0. The normalized spacial score (nSPS) is 19.0. The summed E-state index contributed by atoms with van der Waals surface area (Å²) in [6.07, 6.45) is 4.73. The van der Waals surface area contributed by atoms with E-state index in [2.05, 4.69) is 55.5 Å². The minimum absolute atomic E-state index is 0.467. The molecule has 0 spiro atoms. The largest absolute Gasteiger partial charge is 0.299 e. The number of aryl methyl sites for hydroxylation is 1. The Labute approximate surface area is 118 Å². The van der Waals surface area contributed by atoms with Gasteiger partial charge in [0.15, 0.2) is 0 Å². The summed E-state index contributed by atoms with van der Waals surface area (Å²) < 4.78 is 2.09. The molecule has 0 bridgehead atoms. The summed E-state index contributed by atoms with van der Waals surface area (Å²) in [6.45, 7) is 16.0. The van der Waals surface area contributed by atoms with E-state index in [1.807, 2.05) is 0 Å². The average Bonchev–Trinajstić information content (AvgIpc) is 2.70. The van der Waals surface area contributed by atoms with Gasteiger partial charge in [-0.25, -0.2) is 0 Å². The smallest absolute Gasteiger partial charge is 0.0537 e. The molecule has 1 fully saturated rings. The second kappa shape index (κ2) is 5.66. The van der Waals surface area contributed by atoms with Crippen LogP contribution in [0.5, 0.6) is 0 Å². The summed E-state index contributed by atoms with van der Waals surface area (Å²) >= 11 is 0. The van der Waals surface area contributed by atoms with E-state index in [1.165, 1.54) is 37.2 Å². The van der Waals surface area contributed by atoms with Gasteiger partial charge in [0.1, 0.15) is 0 Å². The van der Waals surface area contributed by atoms with Crippen LogP contribution < -0.4 is 0 Å². The first-order valence-electron chi connectivity index (χ1n) is 7.65. The molecular formula is C16H29N3. The fourth-order valence-corrected chi connectivity index (χ4v) is 3.16. The maximum atomic E-state index is 4.44. The highest BCUT2D eigenvalue weighted by atomic mass is 15.3. The van der Waals surface area contributed by atoms with E-state index >= 15 is 0 Å². The highest BCUT2D eigenvalue weighted by Gasteiger charge is 2.28. The number of piperidine rings is 1. The molecule has 0 radical (unpaired) electrons. The van der Waals surface area contributed by atoms with Gasteiger partial charge >= 0.3 is 0 Å². The molecule has 2 heterocycles. The fourth-order valence-electron chi connectivity index (χ4n) is 3.16. The third-order valence-electron chi connectivity index (χ3n) is 4.71. The van der Waals surface area contributed by atoms with Gasteiger partial charge in [0.25, 0.3) is 0 Å². The number of aromatic nitrogens is 2. The molecule has 2 rings (SSSR count). The van der Waals surface area contributed by atoms with E-state index in [0.717, 1.165) is 19.0 Å². The topological polar surface area (TPSA) is 21.1 Å². The lowest BCUT2D eigenvalue weighted by Gasteiger charge is -2.38. The molecule has 0 amide bonds. The molecule has 0 unspecified atom stereocenters. The Morgan fingerprint density at radius 1 is 1.26 bits per heavy atom. The zero-order valence-corrected chi connectivity index (χ0v) is 13.2. The number of hydrogen-bond acceptors (Lipinski definition) is 2. The van der Waals surface area contributed by atoms with Crippen molar-refractivity contribution in [3.05, 3.63) is 17.5 Å². The van der Waals surface area contributed by atoms with Crippen LogP contribution in [-0.2, 0) is 13.1 Å². The molecular weight excluding hydrogens is 234 g/mol. The van der Waals surface area contributed by atoms with Gasteiger partial charge in [-0.3, -0.25) is 9.58 Å². The molecule has 3 nitrogen and oxygen atoms in total.